The number of amides is 1. The SMILES string of the molecule is O=C(Cn1c(CCc2ccccc2)nc2ccccc21)N1CCCC1. The zero-order valence-electron chi connectivity index (χ0n) is 14.4. The van der Waals surface area contributed by atoms with Gasteiger partial charge in [-0.3, -0.25) is 4.79 Å². The Morgan fingerprint density at radius 1 is 0.920 bits per heavy atom. The smallest absolute Gasteiger partial charge is 0.242 e. The minimum Gasteiger partial charge on any atom is -0.341 e. The number of nitrogens with zero attached hydrogens (tertiary/aromatic N) is 3. The van der Waals surface area contributed by atoms with Gasteiger partial charge in [-0.25, -0.2) is 4.98 Å². The molecule has 1 saturated heterocycles. The molecule has 1 fully saturated rings. The Kier molecular flexibility index (Phi) is 4.51. The molecule has 0 N–H and O–H groups in total. The predicted molar refractivity (Wildman–Crippen MR) is 99.4 cm³/mol. The number of para-hydroxylation sites is 2. The van der Waals surface area contributed by atoms with Gasteiger partial charge in [0.15, 0.2) is 0 Å². The molecule has 25 heavy (non-hydrogen) atoms. The van der Waals surface area contributed by atoms with Gasteiger partial charge in [-0.15, -0.1) is 0 Å². The summed E-state index contributed by atoms with van der Waals surface area (Å²) in [5, 5.41) is 0. The molecule has 0 saturated carbocycles. The number of imidazole rings is 1. The highest BCUT2D eigenvalue weighted by Crippen LogP contribution is 2.19. The Morgan fingerprint density at radius 3 is 2.44 bits per heavy atom. The zero-order chi connectivity index (χ0) is 17.1. The van der Waals surface area contributed by atoms with E-state index >= 15 is 0 Å². The number of carbonyl (C=O) groups excluding carboxylic acids is 1. The van der Waals surface area contributed by atoms with Crippen molar-refractivity contribution in [2.24, 2.45) is 0 Å². The van der Waals surface area contributed by atoms with Crippen LogP contribution in [0.25, 0.3) is 11.0 Å². The zero-order valence-corrected chi connectivity index (χ0v) is 14.4. The first-order chi connectivity index (χ1) is 12.3. The van der Waals surface area contributed by atoms with Crippen LogP contribution in [0.5, 0.6) is 0 Å². The molecule has 2 heterocycles. The summed E-state index contributed by atoms with van der Waals surface area (Å²) in [7, 11) is 0. The number of fused-ring (bicyclic) bond motifs is 1. The van der Waals surface area contributed by atoms with Gasteiger partial charge >= 0.3 is 0 Å². The number of likely N-dealkylation sites (tertiary alicyclic amines) is 1. The normalized spacial score (nSPS) is 14.3. The van der Waals surface area contributed by atoms with Crippen molar-refractivity contribution < 1.29 is 4.79 Å². The lowest BCUT2D eigenvalue weighted by Gasteiger charge is -2.17. The van der Waals surface area contributed by atoms with Gasteiger partial charge in [0.05, 0.1) is 11.0 Å². The monoisotopic (exact) mass is 333 g/mol. The van der Waals surface area contributed by atoms with E-state index in [1.54, 1.807) is 0 Å². The predicted octanol–water partition coefficient (Wildman–Crippen LogP) is 3.44. The Bertz CT molecular complexity index is 863. The Hall–Kier alpha value is -2.62. The molecule has 4 nitrogen and oxygen atoms in total. The molecule has 0 atom stereocenters. The van der Waals surface area contributed by atoms with Gasteiger partial charge in [-0.2, -0.15) is 0 Å². The van der Waals surface area contributed by atoms with Crippen LogP contribution in [0.4, 0.5) is 0 Å². The summed E-state index contributed by atoms with van der Waals surface area (Å²) in [5.74, 6) is 1.21. The summed E-state index contributed by atoms with van der Waals surface area (Å²) in [6.07, 6.45) is 4.02. The summed E-state index contributed by atoms with van der Waals surface area (Å²) >= 11 is 0. The number of carbonyl (C=O) groups is 1. The van der Waals surface area contributed by atoms with E-state index in [0.717, 1.165) is 55.6 Å². The fourth-order valence-corrected chi connectivity index (χ4v) is 3.60. The molecule has 3 aromatic rings. The largest absolute Gasteiger partial charge is 0.341 e. The van der Waals surface area contributed by atoms with E-state index in [-0.39, 0.29) is 5.91 Å². The quantitative estimate of drug-likeness (QED) is 0.717. The van der Waals surface area contributed by atoms with Crippen LogP contribution in [0.3, 0.4) is 0 Å². The van der Waals surface area contributed by atoms with E-state index in [4.69, 9.17) is 4.98 Å². The molecule has 128 valence electrons. The van der Waals surface area contributed by atoms with Gasteiger partial charge < -0.3 is 9.47 Å². The van der Waals surface area contributed by atoms with Gasteiger partial charge in [0, 0.05) is 19.5 Å². The number of benzene rings is 2. The second-order valence-corrected chi connectivity index (χ2v) is 6.68. The molecule has 0 aliphatic carbocycles. The topological polar surface area (TPSA) is 38.1 Å². The Morgan fingerprint density at radius 2 is 1.64 bits per heavy atom. The maximum absolute atomic E-state index is 12.7. The first-order valence-corrected chi connectivity index (χ1v) is 9.07. The van der Waals surface area contributed by atoms with Crippen LogP contribution in [0.2, 0.25) is 0 Å². The number of aryl methyl sites for hydroxylation is 2. The van der Waals surface area contributed by atoms with Crippen LogP contribution in [0, 0.1) is 0 Å². The Labute approximate surface area is 148 Å². The highest BCUT2D eigenvalue weighted by molar-refractivity contribution is 5.81. The average Bonchev–Trinajstić information content (AvgIpc) is 3.30. The summed E-state index contributed by atoms with van der Waals surface area (Å²) in [5.41, 5.74) is 3.32. The van der Waals surface area contributed by atoms with Gasteiger partial charge in [0.25, 0.3) is 0 Å². The maximum atomic E-state index is 12.7. The Balaban J connectivity index is 1.60. The molecule has 0 spiro atoms. The minimum atomic E-state index is 0.210. The lowest BCUT2D eigenvalue weighted by Crippen LogP contribution is -2.31. The lowest BCUT2D eigenvalue weighted by atomic mass is 10.1. The van der Waals surface area contributed by atoms with E-state index in [0.29, 0.717) is 6.54 Å². The van der Waals surface area contributed by atoms with Crippen molar-refractivity contribution in [1.29, 1.82) is 0 Å². The van der Waals surface area contributed by atoms with Crippen molar-refractivity contribution in [3.05, 3.63) is 66.0 Å². The molecule has 0 unspecified atom stereocenters. The van der Waals surface area contributed by atoms with E-state index in [2.05, 4.69) is 34.9 Å². The average molecular weight is 333 g/mol. The van der Waals surface area contributed by atoms with Crippen molar-refractivity contribution in [2.45, 2.75) is 32.2 Å². The number of hydrogen-bond donors (Lipinski definition) is 0. The molecule has 2 aromatic carbocycles. The van der Waals surface area contributed by atoms with E-state index < -0.39 is 0 Å². The van der Waals surface area contributed by atoms with Crippen LogP contribution in [-0.4, -0.2) is 33.4 Å². The first-order valence-electron chi connectivity index (χ1n) is 9.07. The van der Waals surface area contributed by atoms with Crippen LogP contribution in [0.15, 0.2) is 54.6 Å². The summed E-state index contributed by atoms with van der Waals surface area (Å²) in [4.78, 5) is 19.4. The van der Waals surface area contributed by atoms with Crippen molar-refractivity contribution in [1.82, 2.24) is 14.5 Å². The van der Waals surface area contributed by atoms with Crippen LogP contribution >= 0.6 is 0 Å². The molecular weight excluding hydrogens is 310 g/mol. The second kappa shape index (κ2) is 7.09. The van der Waals surface area contributed by atoms with Gasteiger partial charge in [-0.05, 0) is 37.0 Å². The fourth-order valence-electron chi connectivity index (χ4n) is 3.60. The van der Waals surface area contributed by atoms with Crippen molar-refractivity contribution in [3.63, 3.8) is 0 Å². The highest BCUT2D eigenvalue weighted by Gasteiger charge is 2.20. The van der Waals surface area contributed by atoms with E-state index in [1.807, 2.05) is 29.2 Å². The van der Waals surface area contributed by atoms with Crippen LogP contribution in [-0.2, 0) is 24.2 Å². The summed E-state index contributed by atoms with van der Waals surface area (Å²) < 4.78 is 2.11. The van der Waals surface area contributed by atoms with Crippen LogP contribution < -0.4 is 0 Å². The molecule has 1 aliphatic heterocycles. The van der Waals surface area contributed by atoms with E-state index in [9.17, 15) is 4.79 Å². The molecule has 4 heteroatoms. The van der Waals surface area contributed by atoms with Gasteiger partial charge in [0.2, 0.25) is 5.91 Å². The molecule has 1 amide bonds. The molecular formula is C21H23N3O. The van der Waals surface area contributed by atoms with E-state index in [1.165, 1.54) is 5.56 Å². The minimum absolute atomic E-state index is 0.210. The summed E-state index contributed by atoms with van der Waals surface area (Å²) in [6, 6.07) is 18.6. The van der Waals surface area contributed by atoms with Crippen LogP contribution in [0.1, 0.15) is 24.2 Å². The standard InChI is InChI=1S/C21H23N3O/c25-21(23-14-6-7-15-23)16-24-19-11-5-4-10-18(19)22-20(24)13-12-17-8-2-1-3-9-17/h1-5,8-11H,6-7,12-16H2. The molecule has 0 radical (unpaired) electrons. The number of rotatable bonds is 5. The molecule has 0 bridgehead atoms. The van der Waals surface area contributed by atoms with Gasteiger partial charge in [-0.1, -0.05) is 42.5 Å². The highest BCUT2D eigenvalue weighted by atomic mass is 16.2. The molecule has 4 rings (SSSR count). The third kappa shape index (κ3) is 3.43. The number of aromatic nitrogens is 2. The van der Waals surface area contributed by atoms with Crippen molar-refractivity contribution >= 4 is 16.9 Å². The third-order valence-electron chi connectivity index (χ3n) is 4.97. The summed E-state index contributed by atoms with van der Waals surface area (Å²) in [6.45, 7) is 2.18. The fraction of sp³-hybridized carbons (Fsp3) is 0.333. The van der Waals surface area contributed by atoms with Crippen molar-refractivity contribution in [3.8, 4) is 0 Å². The number of hydrogen-bond acceptors (Lipinski definition) is 2. The third-order valence-corrected chi connectivity index (χ3v) is 4.97. The van der Waals surface area contributed by atoms with Crippen molar-refractivity contribution in [2.75, 3.05) is 13.1 Å². The first kappa shape index (κ1) is 15.9. The molecule has 1 aliphatic rings. The second-order valence-electron chi connectivity index (χ2n) is 6.68. The maximum Gasteiger partial charge on any atom is 0.242 e. The lowest BCUT2D eigenvalue weighted by molar-refractivity contribution is -0.130. The van der Waals surface area contributed by atoms with Gasteiger partial charge in [0.1, 0.15) is 12.4 Å². The molecule has 1 aromatic heterocycles.